The zero-order valence-electron chi connectivity index (χ0n) is 30.2. The lowest BCUT2D eigenvalue weighted by Gasteiger charge is -2.38. The normalized spacial score (nSPS) is 16.5. The lowest BCUT2D eigenvalue weighted by atomic mass is 9.78. The number of nitrogens with zero attached hydrogens (tertiary/aromatic N) is 1. The molecule has 4 atom stereocenters. The Labute approximate surface area is 302 Å². The molecule has 0 saturated carbocycles. The molecule has 0 aliphatic carbocycles. The number of carbonyl (C=O) groups excluding carboxylic acids is 4. The number of Topliss-reactive ketones (excluding diaryl/α,β-unsaturated/α-hetero) is 2. The highest BCUT2D eigenvalue weighted by Gasteiger charge is 2.42. The van der Waals surface area contributed by atoms with Crippen LogP contribution >= 0.6 is 0 Å². The number of carboxylic acid groups (broad SMARTS) is 1. The first-order valence-corrected chi connectivity index (χ1v) is 18.3. The third kappa shape index (κ3) is 12.6. The number of piperidine rings is 1. The SMILES string of the molecule is CC(C)C[C@@H](C(=O)N[C@H](CCCCN)C(=O)N1CCC(N)(C(=O)O)CC1)C(=O)[C@@H](Cc1ccccc1)C(=O)[C@@H](Cc1ccccc1)NCCCN. The summed E-state index contributed by atoms with van der Waals surface area (Å²) < 4.78 is 0. The molecule has 0 aromatic heterocycles. The number of nitrogens with two attached hydrogens (primary N) is 3. The van der Waals surface area contributed by atoms with Crippen molar-refractivity contribution < 1.29 is 29.1 Å². The van der Waals surface area contributed by atoms with Crippen LogP contribution in [0.1, 0.15) is 69.9 Å². The van der Waals surface area contributed by atoms with Crippen molar-refractivity contribution in [2.45, 2.75) is 89.3 Å². The summed E-state index contributed by atoms with van der Waals surface area (Å²) in [4.78, 5) is 70.5. The molecule has 0 radical (unpaired) electrons. The van der Waals surface area contributed by atoms with E-state index in [0.29, 0.717) is 51.7 Å². The maximum atomic E-state index is 14.7. The van der Waals surface area contributed by atoms with Crippen LogP contribution in [0.2, 0.25) is 0 Å². The smallest absolute Gasteiger partial charge is 0.323 e. The Kier molecular flexibility index (Phi) is 16.9. The fourth-order valence-electron chi connectivity index (χ4n) is 6.59. The van der Waals surface area contributed by atoms with E-state index in [9.17, 15) is 29.1 Å². The van der Waals surface area contributed by atoms with Crippen molar-refractivity contribution in [1.82, 2.24) is 15.5 Å². The van der Waals surface area contributed by atoms with Gasteiger partial charge in [0.05, 0.1) is 17.9 Å². The van der Waals surface area contributed by atoms with E-state index in [0.717, 1.165) is 11.1 Å². The van der Waals surface area contributed by atoms with Gasteiger partial charge in [-0.15, -0.1) is 0 Å². The number of rotatable bonds is 22. The molecule has 51 heavy (non-hydrogen) atoms. The molecule has 12 heteroatoms. The number of hydrogen-bond donors (Lipinski definition) is 6. The topological polar surface area (TPSA) is 211 Å². The molecule has 0 unspecified atom stereocenters. The van der Waals surface area contributed by atoms with Crippen LogP contribution < -0.4 is 27.8 Å². The van der Waals surface area contributed by atoms with E-state index in [2.05, 4.69) is 10.6 Å². The van der Waals surface area contributed by atoms with E-state index >= 15 is 0 Å². The van der Waals surface area contributed by atoms with E-state index in [1.54, 1.807) is 0 Å². The molecule has 3 rings (SSSR count). The lowest BCUT2D eigenvalue weighted by Crippen LogP contribution is -2.59. The molecule has 9 N–H and O–H groups in total. The van der Waals surface area contributed by atoms with Gasteiger partial charge in [-0.05, 0) is 94.5 Å². The summed E-state index contributed by atoms with van der Waals surface area (Å²) in [5.74, 6) is -5.21. The van der Waals surface area contributed by atoms with Gasteiger partial charge in [0, 0.05) is 13.1 Å². The zero-order chi connectivity index (χ0) is 37.4. The first kappa shape index (κ1) is 41.5. The monoisotopic (exact) mass is 706 g/mol. The summed E-state index contributed by atoms with van der Waals surface area (Å²) in [7, 11) is 0. The number of nitrogens with one attached hydrogen (secondary N) is 2. The highest BCUT2D eigenvalue weighted by molar-refractivity contribution is 6.13. The van der Waals surface area contributed by atoms with E-state index in [1.165, 1.54) is 4.90 Å². The van der Waals surface area contributed by atoms with Crippen molar-refractivity contribution in [3.05, 3.63) is 71.8 Å². The number of likely N-dealkylation sites (tertiary alicyclic amines) is 1. The van der Waals surface area contributed by atoms with E-state index in [-0.39, 0.29) is 56.4 Å². The molecular weight excluding hydrogens is 648 g/mol. The summed E-state index contributed by atoms with van der Waals surface area (Å²) in [6.45, 7) is 5.43. The van der Waals surface area contributed by atoms with Crippen LogP contribution in [0.25, 0.3) is 0 Å². The Morgan fingerprint density at radius 3 is 1.88 bits per heavy atom. The maximum absolute atomic E-state index is 14.7. The van der Waals surface area contributed by atoms with Gasteiger partial charge in [-0.3, -0.25) is 24.0 Å². The molecule has 1 saturated heterocycles. The Bertz CT molecular complexity index is 1410. The molecular formula is C39H58N6O6. The Morgan fingerprint density at radius 1 is 0.784 bits per heavy atom. The predicted molar refractivity (Wildman–Crippen MR) is 197 cm³/mol. The van der Waals surface area contributed by atoms with E-state index < -0.39 is 47.1 Å². The Hall–Kier alpha value is -3.97. The largest absolute Gasteiger partial charge is 0.480 e. The van der Waals surface area contributed by atoms with Gasteiger partial charge in [-0.25, -0.2) is 0 Å². The number of amides is 2. The zero-order valence-corrected chi connectivity index (χ0v) is 30.2. The van der Waals surface area contributed by atoms with Crippen LogP contribution in [0, 0.1) is 17.8 Å². The number of unbranched alkanes of at least 4 members (excludes halogenated alkanes) is 1. The minimum atomic E-state index is -1.41. The molecule has 280 valence electrons. The number of carboxylic acids is 1. The third-order valence-corrected chi connectivity index (χ3v) is 9.69. The second-order valence-corrected chi connectivity index (χ2v) is 14.2. The Morgan fingerprint density at radius 2 is 1.35 bits per heavy atom. The lowest BCUT2D eigenvalue weighted by molar-refractivity contribution is -0.148. The summed E-state index contributed by atoms with van der Waals surface area (Å²) >= 11 is 0. The Balaban J connectivity index is 1.93. The van der Waals surface area contributed by atoms with Crippen molar-refractivity contribution in [2.75, 3.05) is 32.7 Å². The molecule has 1 heterocycles. The summed E-state index contributed by atoms with van der Waals surface area (Å²) in [6.07, 6.45) is 2.98. The maximum Gasteiger partial charge on any atom is 0.323 e. The van der Waals surface area contributed by atoms with Gasteiger partial charge < -0.3 is 37.8 Å². The fraction of sp³-hybridized carbons (Fsp3) is 0.564. The predicted octanol–water partition coefficient (Wildman–Crippen LogP) is 2.21. The van der Waals surface area contributed by atoms with Gasteiger partial charge >= 0.3 is 5.97 Å². The van der Waals surface area contributed by atoms with Crippen molar-refractivity contribution in [2.24, 2.45) is 35.0 Å². The third-order valence-electron chi connectivity index (χ3n) is 9.69. The molecule has 1 fully saturated rings. The average molecular weight is 707 g/mol. The summed E-state index contributed by atoms with van der Waals surface area (Å²) in [5.41, 5.74) is 17.9. The molecule has 1 aliphatic rings. The van der Waals surface area contributed by atoms with Crippen LogP contribution in [-0.2, 0) is 36.8 Å². The van der Waals surface area contributed by atoms with Gasteiger partial charge in [-0.1, -0.05) is 74.5 Å². The van der Waals surface area contributed by atoms with Crippen molar-refractivity contribution >= 4 is 29.4 Å². The second kappa shape index (κ2) is 20.8. The molecule has 0 bridgehead atoms. The number of benzene rings is 2. The second-order valence-electron chi connectivity index (χ2n) is 14.2. The van der Waals surface area contributed by atoms with Gasteiger partial charge in [0.1, 0.15) is 11.6 Å². The van der Waals surface area contributed by atoms with Crippen LogP contribution in [0.3, 0.4) is 0 Å². The highest BCUT2D eigenvalue weighted by Crippen LogP contribution is 2.25. The quantitative estimate of drug-likeness (QED) is 0.0777. The molecule has 12 nitrogen and oxygen atoms in total. The number of hydrogen-bond acceptors (Lipinski definition) is 9. The highest BCUT2D eigenvalue weighted by atomic mass is 16.4. The van der Waals surface area contributed by atoms with Crippen LogP contribution in [0.4, 0.5) is 0 Å². The number of carbonyl (C=O) groups is 5. The average Bonchev–Trinajstić information content (AvgIpc) is 3.12. The van der Waals surface area contributed by atoms with Crippen LogP contribution in [-0.4, -0.2) is 89.7 Å². The van der Waals surface area contributed by atoms with Gasteiger partial charge in [0.2, 0.25) is 11.8 Å². The first-order valence-electron chi connectivity index (χ1n) is 18.3. The minimum absolute atomic E-state index is 0.0674. The number of aliphatic carboxylic acids is 1. The van der Waals surface area contributed by atoms with Crippen LogP contribution in [0.5, 0.6) is 0 Å². The minimum Gasteiger partial charge on any atom is -0.480 e. The van der Waals surface area contributed by atoms with Crippen molar-refractivity contribution in [3.8, 4) is 0 Å². The first-order chi connectivity index (χ1) is 24.4. The fourth-order valence-corrected chi connectivity index (χ4v) is 6.59. The summed E-state index contributed by atoms with van der Waals surface area (Å²) in [5, 5.41) is 15.8. The summed E-state index contributed by atoms with van der Waals surface area (Å²) in [6, 6.07) is 17.2. The molecule has 0 spiro atoms. The number of ketones is 2. The molecule has 2 amide bonds. The van der Waals surface area contributed by atoms with E-state index in [4.69, 9.17) is 17.2 Å². The van der Waals surface area contributed by atoms with Crippen LogP contribution in [0.15, 0.2) is 60.7 Å². The van der Waals surface area contributed by atoms with E-state index in [1.807, 2.05) is 74.5 Å². The standard InChI is InChI=1S/C39H58N6O6/c1-27(2)24-31(36(48)44-32(16-9-10-19-40)37(49)45-22-17-39(42,18-23-45)38(50)51)34(46)30(25-28-12-5-3-6-13-28)35(47)33(43-21-11-20-41)26-29-14-7-4-8-15-29/h3-8,12-15,27,30-33,43H,9-11,16-26,40-42H2,1-2H3,(H,44,48)(H,50,51)/t30-,31-,32-,33-/m1/s1. The molecule has 2 aromatic carbocycles. The molecule has 1 aliphatic heterocycles. The molecule has 2 aromatic rings. The van der Waals surface area contributed by atoms with Gasteiger partial charge in [0.25, 0.3) is 0 Å². The van der Waals surface area contributed by atoms with Crippen molar-refractivity contribution in [1.29, 1.82) is 0 Å². The van der Waals surface area contributed by atoms with Gasteiger partial charge in [0.15, 0.2) is 11.6 Å². The van der Waals surface area contributed by atoms with Gasteiger partial charge in [-0.2, -0.15) is 0 Å². The van der Waals surface area contributed by atoms with Crippen molar-refractivity contribution in [3.63, 3.8) is 0 Å².